The number of para-hydroxylation sites is 2. The van der Waals surface area contributed by atoms with Crippen molar-refractivity contribution in [3.63, 3.8) is 0 Å². The zero-order chi connectivity index (χ0) is 16.4. The van der Waals surface area contributed by atoms with Crippen molar-refractivity contribution in [1.29, 1.82) is 0 Å². The number of hydrogen-bond donors (Lipinski definition) is 1. The molecule has 1 N–H and O–H groups in total. The van der Waals surface area contributed by atoms with E-state index in [0.29, 0.717) is 29.0 Å². The van der Waals surface area contributed by atoms with Crippen molar-refractivity contribution >= 4 is 39.9 Å². The van der Waals surface area contributed by atoms with Crippen LogP contribution in [0.2, 0.25) is 5.02 Å². The van der Waals surface area contributed by atoms with Gasteiger partial charge < -0.3 is 10.3 Å². The molecule has 0 aliphatic carbocycles. The molecule has 0 saturated carbocycles. The number of pyridine rings is 1. The fraction of sp³-hybridized carbons (Fsp3) is 0.250. The second kappa shape index (κ2) is 6.64. The molecular formula is C16H17Cl2N5. The number of rotatable bonds is 5. The topological polar surface area (TPSA) is 46.0 Å². The molecule has 5 nitrogen and oxygen atoms in total. The van der Waals surface area contributed by atoms with Crippen molar-refractivity contribution in [3.8, 4) is 11.5 Å². The quantitative estimate of drug-likeness (QED) is 0.715. The van der Waals surface area contributed by atoms with Crippen molar-refractivity contribution in [2.45, 2.75) is 0 Å². The summed E-state index contributed by atoms with van der Waals surface area (Å²) >= 11 is 12.4. The van der Waals surface area contributed by atoms with Gasteiger partial charge in [-0.15, -0.1) is 11.6 Å². The van der Waals surface area contributed by atoms with Crippen molar-refractivity contribution in [1.82, 2.24) is 14.6 Å². The van der Waals surface area contributed by atoms with E-state index in [1.165, 1.54) is 0 Å². The number of nitrogens with zero attached hydrogens (tertiary/aromatic N) is 4. The highest BCUT2D eigenvalue weighted by molar-refractivity contribution is 6.35. The van der Waals surface area contributed by atoms with E-state index in [-0.39, 0.29) is 0 Å². The second-order valence-corrected chi connectivity index (χ2v) is 5.84. The fourth-order valence-electron chi connectivity index (χ4n) is 2.54. The molecule has 0 fully saturated rings. The Morgan fingerprint density at radius 1 is 1.26 bits per heavy atom. The smallest absolute Gasteiger partial charge is 0.180 e. The Balaban J connectivity index is 2.17. The maximum atomic E-state index is 6.60. The summed E-state index contributed by atoms with van der Waals surface area (Å²) in [5, 5.41) is 0.562. The first kappa shape index (κ1) is 15.9. The number of hydrogen-bond acceptors (Lipinski definition) is 4. The van der Waals surface area contributed by atoms with Crippen LogP contribution in [0.4, 0.5) is 5.69 Å². The highest BCUT2D eigenvalue weighted by atomic mass is 35.5. The number of imidazole rings is 1. The maximum Gasteiger partial charge on any atom is 0.180 e. The summed E-state index contributed by atoms with van der Waals surface area (Å²) in [4.78, 5) is 11.1. The molecule has 0 unspecified atom stereocenters. The number of alkyl halides is 1. The van der Waals surface area contributed by atoms with Crippen LogP contribution >= 0.6 is 23.2 Å². The Morgan fingerprint density at radius 2 is 2.04 bits per heavy atom. The van der Waals surface area contributed by atoms with Crippen LogP contribution in [0.3, 0.4) is 0 Å². The summed E-state index contributed by atoms with van der Waals surface area (Å²) < 4.78 is 1.88. The second-order valence-electron chi connectivity index (χ2n) is 5.09. The fourth-order valence-corrected chi connectivity index (χ4v) is 3.14. The average molecular weight is 350 g/mol. The standard InChI is InChI=1S/C16H17Cl2N5/c1-19-23-12-6-4-3-5-11(12)21-16(23)15-14(18)13(7-9-20-15)22(2)10-8-17/h3-7,9,19H,8,10H2,1-2H3. The third-order valence-corrected chi connectivity index (χ3v) is 4.24. The molecule has 0 amide bonds. The van der Waals surface area contributed by atoms with Crippen LogP contribution in [-0.2, 0) is 0 Å². The summed E-state index contributed by atoms with van der Waals surface area (Å²) in [6.45, 7) is 0.702. The summed E-state index contributed by atoms with van der Waals surface area (Å²) in [6.07, 6.45) is 1.74. The van der Waals surface area contributed by atoms with Crippen LogP contribution in [-0.4, -0.2) is 41.2 Å². The summed E-state index contributed by atoms with van der Waals surface area (Å²) in [6, 6.07) is 9.77. The third-order valence-electron chi connectivity index (χ3n) is 3.70. The molecule has 2 heterocycles. The number of benzene rings is 1. The van der Waals surface area contributed by atoms with Gasteiger partial charge in [-0.05, 0) is 18.2 Å². The van der Waals surface area contributed by atoms with Crippen molar-refractivity contribution < 1.29 is 0 Å². The molecule has 0 saturated heterocycles. The predicted octanol–water partition coefficient (Wildman–Crippen LogP) is 3.60. The predicted molar refractivity (Wildman–Crippen MR) is 97.2 cm³/mol. The molecule has 0 radical (unpaired) electrons. The molecule has 0 spiro atoms. The lowest BCUT2D eigenvalue weighted by molar-refractivity contribution is 0.949. The minimum absolute atomic E-state index is 0.527. The minimum atomic E-state index is 0.527. The Hall–Kier alpha value is -1.98. The third kappa shape index (κ3) is 2.82. The van der Waals surface area contributed by atoms with Gasteiger partial charge >= 0.3 is 0 Å². The molecule has 120 valence electrons. The number of halogens is 2. The molecule has 0 aliphatic heterocycles. The Labute approximate surface area is 144 Å². The number of anilines is 1. The van der Waals surface area contributed by atoms with Crippen molar-refractivity contribution in [3.05, 3.63) is 41.6 Å². The number of nitrogens with one attached hydrogen (secondary N) is 1. The molecule has 1 aromatic carbocycles. The SMILES string of the molecule is CNn1c(-c2nccc(N(C)CCCl)c2Cl)nc2ccccc21. The van der Waals surface area contributed by atoms with E-state index in [1.54, 1.807) is 6.20 Å². The van der Waals surface area contributed by atoms with Crippen LogP contribution in [0.15, 0.2) is 36.5 Å². The molecule has 2 aromatic heterocycles. The van der Waals surface area contributed by atoms with Crippen molar-refractivity contribution in [2.24, 2.45) is 0 Å². The lowest BCUT2D eigenvalue weighted by Gasteiger charge is -2.20. The molecule has 0 atom stereocenters. The summed E-state index contributed by atoms with van der Waals surface area (Å²) in [7, 11) is 3.80. The van der Waals surface area contributed by atoms with Gasteiger partial charge in [0.05, 0.1) is 21.7 Å². The molecule has 0 aliphatic rings. The summed E-state index contributed by atoms with van der Waals surface area (Å²) in [5.74, 6) is 1.21. The monoisotopic (exact) mass is 349 g/mol. The van der Waals surface area contributed by atoms with E-state index in [0.717, 1.165) is 16.7 Å². The largest absolute Gasteiger partial charge is 0.372 e. The van der Waals surface area contributed by atoms with Crippen LogP contribution in [0.5, 0.6) is 0 Å². The van der Waals surface area contributed by atoms with E-state index in [9.17, 15) is 0 Å². The minimum Gasteiger partial charge on any atom is -0.372 e. The average Bonchev–Trinajstić information content (AvgIpc) is 2.93. The first-order valence-corrected chi connectivity index (χ1v) is 8.15. The maximum absolute atomic E-state index is 6.60. The molecule has 23 heavy (non-hydrogen) atoms. The van der Waals surface area contributed by atoms with Crippen LogP contribution in [0.25, 0.3) is 22.6 Å². The molecule has 3 rings (SSSR count). The summed E-state index contributed by atoms with van der Waals surface area (Å²) in [5.41, 5.74) is 6.51. The number of aromatic nitrogens is 3. The van der Waals surface area contributed by atoms with Gasteiger partial charge in [-0.1, -0.05) is 23.7 Å². The Kier molecular flexibility index (Phi) is 4.59. The van der Waals surface area contributed by atoms with Gasteiger partial charge in [-0.3, -0.25) is 4.98 Å². The normalized spacial score (nSPS) is 11.0. The Morgan fingerprint density at radius 3 is 2.78 bits per heavy atom. The van der Waals surface area contributed by atoms with Gasteiger partial charge in [-0.25, -0.2) is 9.66 Å². The lowest BCUT2D eigenvalue weighted by Crippen LogP contribution is -2.20. The van der Waals surface area contributed by atoms with Crippen LogP contribution in [0.1, 0.15) is 0 Å². The molecular weight excluding hydrogens is 333 g/mol. The van der Waals surface area contributed by atoms with Crippen molar-refractivity contribution in [2.75, 3.05) is 36.8 Å². The highest BCUT2D eigenvalue weighted by Crippen LogP contribution is 2.34. The highest BCUT2D eigenvalue weighted by Gasteiger charge is 2.19. The van der Waals surface area contributed by atoms with E-state index in [2.05, 4.69) is 15.4 Å². The van der Waals surface area contributed by atoms with Gasteiger partial charge in [-0.2, -0.15) is 0 Å². The van der Waals surface area contributed by atoms with Gasteiger partial charge in [0.1, 0.15) is 5.69 Å². The lowest BCUT2D eigenvalue weighted by atomic mass is 10.2. The molecule has 7 heteroatoms. The van der Waals surface area contributed by atoms with Gasteiger partial charge in [0.15, 0.2) is 5.82 Å². The first-order chi connectivity index (χ1) is 11.2. The Bertz CT molecular complexity index is 830. The van der Waals surface area contributed by atoms with Gasteiger partial charge in [0.2, 0.25) is 0 Å². The van der Waals surface area contributed by atoms with E-state index >= 15 is 0 Å². The first-order valence-electron chi connectivity index (χ1n) is 7.24. The zero-order valence-corrected chi connectivity index (χ0v) is 14.4. The van der Waals surface area contributed by atoms with Gasteiger partial charge in [0.25, 0.3) is 0 Å². The molecule has 0 bridgehead atoms. The van der Waals surface area contributed by atoms with E-state index < -0.39 is 0 Å². The van der Waals surface area contributed by atoms with E-state index in [4.69, 9.17) is 23.2 Å². The van der Waals surface area contributed by atoms with Crippen LogP contribution < -0.4 is 10.3 Å². The number of fused-ring (bicyclic) bond motifs is 1. The molecule has 3 aromatic rings. The van der Waals surface area contributed by atoms with E-state index in [1.807, 2.05) is 54.0 Å². The van der Waals surface area contributed by atoms with Gasteiger partial charge in [0, 0.05) is 32.7 Å². The van der Waals surface area contributed by atoms with Crippen LogP contribution in [0, 0.1) is 0 Å². The zero-order valence-electron chi connectivity index (χ0n) is 12.9.